The molecule has 7 heteroatoms. The second-order valence-electron chi connectivity index (χ2n) is 11.4. The number of aliphatic imine (C=N–C) groups is 1. The summed E-state index contributed by atoms with van der Waals surface area (Å²) in [6.45, 7) is 10.5. The lowest BCUT2D eigenvalue weighted by molar-refractivity contribution is -0.124. The lowest BCUT2D eigenvalue weighted by Gasteiger charge is -2.41. The van der Waals surface area contributed by atoms with Gasteiger partial charge in [0.25, 0.3) is 0 Å². The Morgan fingerprint density at radius 3 is 2.31 bits per heavy atom. The highest BCUT2D eigenvalue weighted by Crippen LogP contribution is 2.52. The Bertz CT molecular complexity index is 1370. The first-order valence-corrected chi connectivity index (χ1v) is 12.6. The number of Topliss-reactive ketones (excluding diaryl/α,β-unsaturated/α-hetero) is 1. The van der Waals surface area contributed by atoms with Gasteiger partial charge in [-0.1, -0.05) is 70.0 Å². The van der Waals surface area contributed by atoms with E-state index in [0.717, 1.165) is 28.2 Å². The molecule has 1 aliphatic heterocycles. The standard InChI is InChI=1S/C28H28Cl2FN3O/c1-27(2,3)25-24-22(15-6-8-16(31)9-7-15)23-20(13-28(4,5)14-21(23)35)32-26(24)34(33-25)17-10-11-18(29)19(30)12-17/h6-12,22-23H,13-14H2,1-5H3. The van der Waals surface area contributed by atoms with Gasteiger partial charge in [0, 0.05) is 29.0 Å². The molecule has 0 amide bonds. The maximum absolute atomic E-state index is 13.9. The minimum atomic E-state index is -0.395. The van der Waals surface area contributed by atoms with Crippen molar-refractivity contribution in [2.45, 2.75) is 58.8 Å². The summed E-state index contributed by atoms with van der Waals surface area (Å²) in [6, 6.07) is 11.9. The zero-order chi connectivity index (χ0) is 25.3. The van der Waals surface area contributed by atoms with Crippen molar-refractivity contribution in [3.05, 3.63) is 75.1 Å². The molecule has 0 spiro atoms. The summed E-state index contributed by atoms with van der Waals surface area (Å²) in [5.74, 6) is -0.139. The first kappa shape index (κ1) is 24.2. The summed E-state index contributed by atoms with van der Waals surface area (Å²) in [4.78, 5) is 18.7. The van der Waals surface area contributed by atoms with Gasteiger partial charge in [-0.3, -0.25) is 4.79 Å². The Labute approximate surface area is 215 Å². The number of carbonyl (C=O) groups is 1. The largest absolute Gasteiger partial charge is 0.299 e. The van der Waals surface area contributed by atoms with Crippen LogP contribution < -0.4 is 0 Å². The normalized spacial score (nSPS) is 21.4. The van der Waals surface area contributed by atoms with Crippen molar-refractivity contribution in [1.29, 1.82) is 0 Å². The van der Waals surface area contributed by atoms with Gasteiger partial charge in [0.15, 0.2) is 5.82 Å². The summed E-state index contributed by atoms with van der Waals surface area (Å²) in [6.07, 6.45) is 1.19. The van der Waals surface area contributed by atoms with Gasteiger partial charge in [0.05, 0.1) is 27.3 Å². The molecule has 0 N–H and O–H groups in total. The highest BCUT2D eigenvalue weighted by Gasteiger charge is 2.48. The third kappa shape index (κ3) is 4.23. The van der Waals surface area contributed by atoms with Crippen molar-refractivity contribution in [3.8, 4) is 5.69 Å². The van der Waals surface area contributed by atoms with Crippen LogP contribution in [0.1, 0.15) is 70.2 Å². The molecule has 2 aromatic carbocycles. The lowest BCUT2D eigenvalue weighted by atomic mass is 9.63. The van der Waals surface area contributed by atoms with Crippen molar-refractivity contribution in [2.24, 2.45) is 16.3 Å². The smallest absolute Gasteiger partial charge is 0.159 e. The predicted molar refractivity (Wildman–Crippen MR) is 139 cm³/mol. The number of nitrogens with zero attached hydrogens (tertiary/aromatic N) is 3. The lowest BCUT2D eigenvalue weighted by Crippen LogP contribution is -2.42. The number of carbonyl (C=O) groups excluding carboxylic acids is 1. The van der Waals surface area contributed by atoms with Gasteiger partial charge >= 0.3 is 0 Å². The van der Waals surface area contributed by atoms with Gasteiger partial charge in [0.1, 0.15) is 11.6 Å². The van der Waals surface area contributed by atoms with E-state index in [-0.39, 0.29) is 28.3 Å². The highest BCUT2D eigenvalue weighted by atomic mass is 35.5. The number of hydrogen-bond donors (Lipinski definition) is 0. The molecule has 1 aromatic heterocycles. The monoisotopic (exact) mass is 511 g/mol. The number of hydrogen-bond acceptors (Lipinski definition) is 3. The molecule has 1 aliphatic carbocycles. The molecule has 3 aromatic rings. The molecular formula is C28H28Cl2FN3O. The molecule has 4 nitrogen and oxygen atoms in total. The summed E-state index contributed by atoms with van der Waals surface area (Å²) in [7, 11) is 0. The number of aromatic nitrogens is 2. The maximum atomic E-state index is 13.9. The Kier molecular flexibility index (Phi) is 5.72. The first-order valence-electron chi connectivity index (χ1n) is 11.8. The summed E-state index contributed by atoms with van der Waals surface area (Å²) in [5, 5.41) is 5.93. The SMILES string of the molecule is CC1(C)CC(=O)C2C(=Nc3c(c(C(C)(C)C)nn3-c3ccc(Cl)c(Cl)c3)C2c2ccc(F)cc2)C1. The number of rotatable bonds is 2. The Hall–Kier alpha value is -2.50. The highest BCUT2D eigenvalue weighted by molar-refractivity contribution is 6.42. The van der Waals surface area contributed by atoms with Crippen LogP contribution in [0.4, 0.5) is 10.2 Å². The van der Waals surface area contributed by atoms with Crippen LogP contribution in [0, 0.1) is 17.2 Å². The second kappa shape index (κ2) is 8.28. The average molecular weight is 512 g/mol. The van der Waals surface area contributed by atoms with Gasteiger partial charge in [-0.25, -0.2) is 14.1 Å². The molecular weight excluding hydrogens is 484 g/mol. The minimum absolute atomic E-state index is 0.169. The van der Waals surface area contributed by atoms with Crippen molar-refractivity contribution in [3.63, 3.8) is 0 Å². The van der Waals surface area contributed by atoms with E-state index in [1.165, 1.54) is 12.1 Å². The van der Waals surface area contributed by atoms with E-state index in [4.69, 9.17) is 33.3 Å². The van der Waals surface area contributed by atoms with Gasteiger partial charge in [0.2, 0.25) is 0 Å². The van der Waals surface area contributed by atoms with E-state index in [2.05, 4.69) is 34.6 Å². The van der Waals surface area contributed by atoms with E-state index >= 15 is 0 Å². The number of ketones is 1. The van der Waals surface area contributed by atoms with Crippen molar-refractivity contribution in [1.82, 2.24) is 9.78 Å². The van der Waals surface area contributed by atoms with E-state index < -0.39 is 5.92 Å². The Balaban J connectivity index is 1.84. The van der Waals surface area contributed by atoms with Crippen LogP contribution in [0.5, 0.6) is 0 Å². The molecule has 0 bridgehead atoms. The zero-order valence-electron chi connectivity index (χ0n) is 20.5. The van der Waals surface area contributed by atoms with Crippen molar-refractivity contribution in [2.75, 3.05) is 0 Å². The molecule has 2 heterocycles. The van der Waals surface area contributed by atoms with Crippen LogP contribution in [0.25, 0.3) is 5.69 Å². The molecule has 0 saturated heterocycles. The zero-order valence-corrected chi connectivity index (χ0v) is 22.0. The molecule has 182 valence electrons. The second-order valence-corrected chi connectivity index (χ2v) is 12.3. The Morgan fingerprint density at radius 1 is 1.00 bits per heavy atom. The van der Waals surface area contributed by atoms with Crippen LogP contribution in [0.3, 0.4) is 0 Å². The summed E-state index contributed by atoms with van der Waals surface area (Å²) >= 11 is 12.5. The van der Waals surface area contributed by atoms with Crippen LogP contribution >= 0.6 is 23.2 Å². The molecule has 35 heavy (non-hydrogen) atoms. The van der Waals surface area contributed by atoms with E-state index in [0.29, 0.717) is 28.7 Å². The predicted octanol–water partition coefficient (Wildman–Crippen LogP) is 7.84. The van der Waals surface area contributed by atoms with Gasteiger partial charge < -0.3 is 0 Å². The molecule has 1 fully saturated rings. The Morgan fingerprint density at radius 2 is 1.69 bits per heavy atom. The summed E-state index contributed by atoms with van der Waals surface area (Å²) in [5.41, 5.74) is 3.75. The third-order valence-corrected chi connectivity index (χ3v) is 7.64. The summed E-state index contributed by atoms with van der Waals surface area (Å²) < 4.78 is 15.7. The molecule has 0 radical (unpaired) electrons. The molecule has 2 atom stereocenters. The van der Waals surface area contributed by atoms with Gasteiger partial charge in [-0.2, -0.15) is 5.10 Å². The van der Waals surface area contributed by atoms with E-state index in [9.17, 15) is 9.18 Å². The van der Waals surface area contributed by atoms with Crippen molar-refractivity contribution >= 4 is 40.5 Å². The van der Waals surface area contributed by atoms with Crippen LogP contribution in [-0.4, -0.2) is 21.3 Å². The number of benzene rings is 2. The quantitative estimate of drug-likeness (QED) is 0.351. The average Bonchev–Trinajstić information content (AvgIpc) is 3.14. The van der Waals surface area contributed by atoms with Crippen LogP contribution in [0.15, 0.2) is 47.5 Å². The minimum Gasteiger partial charge on any atom is -0.299 e. The van der Waals surface area contributed by atoms with Gasteiger partial charge in [-0.05, 0) is 47.7 Å². The molecule has 2 aliphatic rings. The molecule has 2 unspecified atom stereocenters. The fourth-order valence-electron chi connectivity index (χ4n) is 5.42. The molecule has 5 rings (SSSR count). The fourth-order valence-corrected chi connectivity index (χ4v) is 5.71. The van der Waals surface area contributed by atoms with Crippen molar-refractivity contribution < 1.29 is 9.18 Å². The maximum Gasteiger partial charge on any atom is 0.159 e. The topological polar surface area (TPSA) is 47.2 Å². The van der Waals surface area contributed by atoms with Crippen LogP contribution in [0.2, 0.25) is 10.0 Å². The molecule has 1 saturated carbocycles. The number of fused-ring (bicyclic) bond motifs is 2. The van der Waals surface area contributed by atoms with E-state index in [1.807, 2.05) is 10.7 Å². The number of halogens is 3. The fraction of sp³-hybridized carbons (Fsp3) is 0.393. The van der Waals surface area contributed by atoms with Crippen LogP contribution in [-0.2, 0) is 10.2 Å². The van der Waals surface area contributed by atoms with Gasteiger partial charge in [-0.15, -0.1) is 0 Å². The first-order chi connectivity index (χ1) is 16.4. The van der Waals surface area contributed by atoms with E-state index in [1.54, 1.807) is 24.3 Å². The third-order valence-electron chi connectivity index (χ3n) is 6.90.